The summed E-state index contributed by atoms with van der Waals surface area (Å²) in [5.41, 5.74) is 4.01. The second-order valence-electron chi connectivity index (χ2n) is 2.38. The summed E-state index contributed by atoms with van der Waals surface area (Å²) in [4.78, 5) is 29.4. The van der Waals surface area contributed by atoms with Crippen LogP contribution in [0.2, 0.25) is 0 Å². The minimum atomic E-state index is -0.892. The number of hydrogen-bond donors (Lipinski definition) is 2. The molecule has 0 saturated carbocycles. The number of halogens is 1. The van der Waals surface area contributed by atoms with Gasteiger partial charge < -0.3 is 15.6 Å². The third-order valence-electron chi connectivity index (χ3n) is 1.07. The first kappa shape index (κ1) is 16.1. The fourth-order valence-electron chi connectivity index (χ4n) is 0.527. The Morgan fingerprint density at radius 1 is 1.33 bits per heavy atom. The Hall–Kier alpha value is -1.30. The highest BCUT2D eigenvalue weighted by Crippen LogP contribution is 1.92. The van der Waals surface area contributed by atoms with Crippen LogP contribution >= 0.6 is 11.6 Å². The molecule has 0 aliphatic carbocycles. The smallest absolute Gasteiger partial charge is 0.403 e. The lowest BCUT2D eigenvalue weighted by atomic mass is 10.2. The second-order valence-corrected chi connectivity index (χ2v) is 2.69. The predicted octanol–water partition coefficient (Wildman–Crippen LogP) is 1.11. The zero-order valence-electron chi connectivity index (χ0n) is 8.36. The Balaban J connectivity index is 0. The van der Waals surface area contributed by atoms with Crippen LogP contribution in [0.4, 0.5) is 4.79 Å². The minimum absolute atomic E-state index is 0.0168. The van der Waals surface area contributed by atoms with E-state index in [1.807, 2.05) is 0 Å². The molecule has 0 fully saturated rings. The van der Waals surface area contributed by atoms with Crippen molar-refractivity contribution in [3.8, 4) is 0 Å². The standard InChI is InChI=1S/C5H9NO3.C3H5ClO2/c6-4(7)2-1-3-5(8)9;1-2-6-3(4)5/h1-3H2,(H2,6,7)(H,8,9);2H2,1H3. The minimum Gasteiger partial charge on any atom is -0.481 e. The molecule has 0 aliphatic rings. The first-order valence-electron chi connectivity index (χ1n) is 4.22. The van der Waals surface area contributed by atoms with Crippen molar-refractivity contribution in [2.45, 2.75) is 26.2 Å². The summed E-state index contributed by atoms with van der Waals surface area (Å²) in [6, 6.07) is 0. The molecule has 0 rings (SSSR count). The van der Waals surface area contributed by atoms with Crippen LogP contribution in [0, 0.1) is 0 Å². The molecule has 0 atom stereocenters. The molecule has 3 N–H and O–H groups in total. The third kappa shape index (κ3) is 24.5. The molecule has 0 radical (unpaired) electrons. The molecule has 0 aliphatic heterocycles. The molecule has 0 spiro atoms. The number of carbonyl (C=O) groups is 3. The van der Waals surface area contributed by atoms with Gasteiger partial charge in [0.2, 0.25) is 5.91 Å². The molecule has 0 unspecified atom stereocenters. The number of carbonyl (C=O) groups excluding carboxylic acids is 2. The Bertz CT molecular complexity index is 205. The molecule has 0 aromatic rings. The van der Waals surface area contributed by atoms with Crippen LogP contribution in [-0.2, 0) is 14.3 Å². The van der Waals surface area contributed by atoms with Crippen LogP contribution < -0.4 is 5.73 Å². The van der Waals surface area contributed by atoms with Gasteiger partial charge in [-0.05, 0) is 13.3 Å². The number of carboxylic acids is 1. The van der Waals surface area contributed by atoms with Gasteiger partial charge in [0.1, 0.15) is 0 Å². The summed E-state index contributed by atoms with van der Waals surface area (Å²) in [7, 11) is 0. The number of hydrogen-bond acceptors (Lipinski definition) is 4. The van der Waals surface area contributed by atoms with Crippen LogP contribution in [0.1, 0.15) is 26.2 Å². The fourth-order valence-corrected chi connectivity index (χ4v) is 0.636. The lowest BCUT2D eigenvalue weighted by Gasteiger charge is -1.89. The van der Waals surface area contributed by atoms with Gasteiger partial charge in [-0.25, -0.2) is 4.79 Å². The first-order valence-corrected chi connectivity index (χ1v) is 4.60. The van der Waals surface area contributed by atoms with Crippen LogP contribution in [0.15, 0.2) is 0 Å². The average molecular weight is 240 g/mol. The summed E-state index contributed by atoms with van der Waals surface area (Å²) in [5, 5.41) is 8.07. The molecule has 0 aromatic heterocycles. The van der Waals surface area contributed by atoms with Crippen molar-refractivity contribution < 1.29 is 24.2 Å². The van der Waals surface area contributed by atoms with E-state index in [0.29, 0.717) is 13.0 Å². The Labute approximate surface area is 92.3 Å². The quantitative estimate of drug-likeness (QED) is 0.699. The topological polar surface area (TPSA) is 107 Å². The molecule has 88 valence electrons. The first-order chi connectivity index (χ1) is 6.90. The van der Waals surface area contributed by atoms with E-state index in [0.717, 1.165) is 0 Å². The van der Waals surface area contributed by atoms with Gasteiger partial charge in [-0.15, -0.1) is 0 Å². The van der Waals surface area contributed by atoms with E-state index in [1.54, 1.807) is 6.92 Å². The zero-order valence-corrected chi connectivity index (χ0v) is 9.12. The number of ether oxygens (including phenoxy) is 1. The van der Waals surface area contributed by atoms with Gasteiger partial charge in [-0.2, -0.15) is 0 Å². The summed E-state index contributed by atoms with van der Waals surface area (Å²) in [6.45, 7) is 2.04. The predicted molar refractivity (Wildman–Crippen MR) is 53.6 cm³/mol. The van der Waals surface area contributed by atoms with Gasteiger partial charge >= 0.3 is 11.4 Å². The van der Waals surface area contributed by atoms with Crippen molar-refractivity contribution in [1.82, 2.24) is 0 Å². The van der Waals surface area contributed by atoms with Gasteiger partial charge in [0.25, 0.3) is 0 Å². The van der Waals surface area contributed by atoms with E-state index in [9.17, 15) is 14.4 Å². The van der Waals surface area contributed by atoms with Gasteiger partial charge in [0, 0.05) is 24.4 Å². The van der Waals surface area contributed by atoms with E-state index in [2.05, 4.69) is 4.74 Å². The molecular weight excluding hydrogens is 226 g/mol. The maximum absolute atomic E-state index is 10.0. The van der Waals surface area contributed by atoms with Gasteiger partial charge in [0.15, 0.2) is 0 Å². The van der Waals surface area contributed by atoms with Crippen molar-refractivity contribution in [3.05, 3.63) is 0 Å². The maximum Gasteiger partial charge on any atom is 0.403 e. The molecule has 0 heterocycles. The van der Waals surface area contributed by atoms with E-state index >= 15 is 0 Å². The van der Waals surface area contributed by atoms with Crippen molar-refractivity contribution in [1.29, 1.82) is 0 Å². The molecule has 15 heavy (non-hydrogen) atoms. The normalized spacial score (nSPS) is 8.40. The molecule has 0 aromatic carbocycles. The maximum atomic E-state index is 10.0. The highest BCUT2D eigenvalue weighted by atomic mass is 35.5. The molecule has 0 saturated heterocycles. The summed E-state index contributed by atoms with van der Waals surface area (Å²) in [6.07, 6.45) is 0.514. The fraction of sp³-hybridized carbons (Fsp3) is 0.625. The van der Waals surface area contributed by atoms with E-state index in [1.165, 1.54) is 0 Å². The summed E-state index contributed by atoms with van der Waals surface area (Å²) >= 11 is 4.72. The van der Waals surface area contributed by atoms with Crippen molar-refractivity contribution in [2.24, 2.45) is 5.73 Å². The lowest BCUT2D eigenvalue weighted by Crippen LogP contribution is -2.10. The number of aliphatic carboxylic acids is 1. The summed E-state index contributed by atoms with van der Waals surface area (Å²) in [5.74, 6) is -1.34. The number of primary amides is 1. The average Bonchev–Trinajstić information content (AvgIpc) is 2.03. The number of rotatable bonds is 5. The number of amides is 1. The van der Waals surface area contributed by atoms with Crippen molar-refractivity contribution >= 4 is 28.9 Å². The number of nitrogens with two attached hydrogens (primary N) is 1. The van der Waals surface area contributed by atoms with Crippen LogP contribution in [0.25, 0.3) is 0 Å². The molecule has 1 amide bonds. The van der Waals surface area contributed by atoms with Gasteiger partial charge in [-0.1, -0.05) is 0 Å². The van der Waals surface area contributed by atoms with Crippen molar-refractivity contribution in [3.63, 3.8) is 0 Å². The highest BCUT2D eigenvalue weighted by Gasteiger charge is 1.98. The van der Waals surface area contributed by atoms with E-state index < -0.39 is 17.3 Å². The lowest BCUT2D eigenvalue weighted by molar-refractivity contribution is -0.137. The SMILES string of the molecule is CCOC(=O)Cl.NC(=O)CCCC(=O)O. The zero-order chi connectivity index (χ0) is 12.3. The molecule has 6 nitrogen and oxygen atoms in total. The highest BCUT2D eigenvalue weighted by molar-refractivity contribution is 6.61. The largest absolute Gasteiger partial charge is 0.481 e. The summed E-state index contributed by atoms with van der Waals surface area (Å²) < 4.78 is 4.17. The van der Waals surface area contributed by atoms with Gasteiger partial charge in [-0.3, -0.25) is 9.59 Å². The van der Waals surface area contributed by atoms with Crippen LogP contribution in [-0.4, -0.2) is 29.0 Å². The molecular formula is C8H14ClNO5. The third-order valence-corrected chi connectivity index (χ3v) is 1.18. The molecule has 7 heteroatoms. The van der Waals surface area contributed by atoms with Crippen LogP contribution in [0.3, 0.4) is 0 Å². The second kappa shape index (κ2) is 10.8. The monoisotopic (exact) mass is 239 g/mol. The Kier molecular flexibility index (Phi) is 11.6. The molecule has 0 bridgehead atoms. The number of carboxylic acid groups (broad SMARTS) is 1. The van der Waals surface area contributed by atoms with E-state index in [4.69, 9.17) is 22.4 Å². The Morgan fingerprint density at radius 2 is 1.87 bits per heavy atom. The van der Waals surface area contributed by atoms with Gasteiger partial charge in [0.05, 0.1) is 6.61 Å². The van der Waals surface area contributed by atoms with Crippen LogP contribution in [0.5, 0.6) is 0 Å². The Morgan fingerprint density at radius 3 is 2.07 bits per heavy atom. The van der Waals surface area contributed by atoms with Crippen molar-refractivity contribution in [2.75, 3.05) is 6.61 Å². The van der Waals surface area contributed by atoms with E-state index in [-0.39, 0.29) is 12.8 Å².